The normalized spacial score (nSPS) is 10.9. The maximum Gasteiger partial charge on any atom is 0.106 e. The standard InChI is InChI=1S/C21H24N2/c1-3-4-11-16-23-17(2)22-20(18-12-7-5-8-13-18)21(23)19-14-9-6-10-15-19/h5-10,12-15H,3-4,11,16H2,1-2H3. The second-order valence-corrected chi connectivity index (χ2v) is 5.95. The fourth-order valence-corrected chi connectivity index (χ4v) is 3.04. The van der Waals surface area contributed by atoms with E-state index in [4.69, 9.17) is 4.98 Å². The summed E-state index contributed by atoms with van der Waals surface area (Å²) in [6.45, 7) is 5.39. The van der Waals surface area contributed by atoms with Crippen molar-refractivity contribution in [2.45, 2.75) is 39.7 Å². The lowest BCUT2D eigenvalue weighted by Gasteiger charge is -2.12. The molecule has 2 aromatic carbocycles. The molecule has 0 bridgehead atoms. The Hall–Kier alpha value is -2.35. The van der Waals surface area contributed by atoms with Crippen molar-refractivity contribution in [3.8, 4) is 22.5 Å². The highest BCUT2D eigenvalue weighted by Gasteiger charge is 2.17. The highest BCUT2D eigenvalue weighted by atomic mass is 15.1. The van der Waals surface area contributed by atoms with Crippen molar-refractivity contribution in [3.05, 3.63) is 66.5 Å². The first-order valence-electron chi connectivity index (χ1n) is 8.49. The van der Waals surface area contributed by atoms with Crippen LogP contribution in [0, 0.1) is 6.92 Å². The molecule has 0 N–H and O–H groups in total. The summed E-state index contributed by atoms with van der Waals surface area (Å²) in [6.07, 6.45) is 3.69. The van der Waals surface area contributed by atoms with Crippen molar-refractivity contribution < 1.29 is 0 Å². The summed E-state index contributed by atoms with van der Waals surface area (Å²) >= 11 is 0. The largest absolute Gasteiger partial charge is 0.328 e. The SMILES string of the molecule is CCCCCn1c(C)nc(-c2ccccc2)c1-c1ccccc1. The molecule has 2 heteroatoms. The lowest BCUT2D eigenvalue weighted by molar-refractivity contribution is 0.594. The van der Waals surface area contributed by atoms with Gasteiger partial charge in [-0.3, -0.25) is 0 Å². The minimum absolute atomic E-state index is 1.03. The van der Waals surface area contributed by atoms with Gasteiger partial charge in [0.1, 0.15) is 5.82 Å². The van der Waals surface area contributed by atoms with Gasteiger partial charge in [0.25, 0.3) is 0 Å². The van der Waals surface area contributed by atoms with Gasteiger partial charge in [-0.25, -0.2) is 4.98 Å². The summed E-state index contributed by atoms with van der Waals surface area (Å²) in [4.78, 5) is 4.90. The van der Waals surface area contributed by atoms with Crippen molar-refractivity contribution in [3.63, 3.8) is 0 Å². The maximum absolute atomic E-state index is 4.90. The van der Waals surface area contributed by atoms with Crippen molar-refractivity contribution >= 4 is 0 Å². The smallest absolute Gasteiger partial charge is 0.106 e. The van der Waals surface area contributed by atoms with Crippen LogP contribution in [0.4, 0.5) is 0 Å². The topological polar surface area (TPSA) is 17.8 Å². The van der Waals surface area contributed by atoms with Gasteiger partial charge in [-0.1, -0.05) is 80.4 Å². The van der Waals surface area contributed by atoms with E-state index in [0.717, 1.165) is 18.1 Å². The molecule has 0 aliphatic carbocycles. The number of hydrogen-bond acceptors (Lipinski definition) is 1. The van der Waals surface area contributed by atoms with Gasteiger partial charge in [0.15, 0.2) is 0 Å². The zero-order valence-electron chi connectivity index (χ0n) is 14.0. The zero-order chi connectivity index (χ0) is 16.1. The number of unbranched alkanes of at least 4 members (excludes halogenated alkanes) is 2. The number of rotatable bonds is 6. The minimum Gasteiger partial charge on any atom is -0.328 e. The first kappa shape index (κ1) is 15.5. The fraction of sp³-hybridized carbons (Fsp3) is 0.286. The predicted octanol–water partition coefficient (Wildman–Crippen LogP) is 5.72. The molecule has 0 aliphatic heterocycles. The molecule has 118 valence electrons. The van der Waals surface area contributed by atoms with Gasteiger partial charge < -0.3 is 4.57 Å². The molecule has 0 amide bonds. The molecule has 0 saturated carbocycles. The third-order valence-corrected chi connectivity index (χ3v) is 4.24. The van der Waals surface area contributed by atoms with E-state index in [0.29, 0.717) is 0 Å². The Kier molecular flexibility index (Phi) is 4.92. The van der Waals surface area contributed by atoms with Crippen LogP contribution in [-0.4, -0.2) is 9.55 Å². The molecule has 0 atom stereocenters. The van der Waals surface area contributed by atoms with Crippen molar-refractivity contribution in [2.24, 2.45) is 0 Å². The summed E-state index contributed by atoms with van der Waals surface area (Å²) in [6, 6.07) is 21.1. The number of nitrogens with zero attached hydrogens (tertiary/aromatic N) is 2. The van der Waals surface area contributed by atoms with E-state index in [9.17, 15) is 0 Å². The van der Waals surface area contributed by atoms with E-state index in [1.54, 1.807) is 0 Å². The van der Waals surface area contributed by atoms with Crippen LogP contribution >= 0.6 is 0 Å². The van der Waals surface area contributed by atoms with Crippen molar-refractivity contribution in [1.29, 1.82) is 0 Å². The van der Waals surface area contributed by atoms with Crippen LogP contribution in [0.25, 0.3) is 22.5 Å². The third-order valence-electron chi connectivity index (χ3n) is 4.24. The molecule has 0 radical (unpaired) electrons. The quantitative estimate of drug-likeness (QED) is 0.533. The summed E-state index contributed by atoms with van der Waals surface area (Å²) in [5.41, 5.74) is 4.75. The van der Waals surface area contributed by atoms with E-state index < -0.39 is 0 Å². The van der Waals surface area contributed by atoms with E-state index in [2.05, 4.69) is 79.1 Å². The number of benzene rings is 2. The Bertz CT molecular complexity index is 742. The Morgan fingerprint density at radius 2 is 1.43 bits per heavy atom. The van der Waals surface area contributed by atoms with Crippen LogP contribution in [0.15, 0.2) is 60.7 Å². The molecule has 0 saturated heterocycles. The monoisotopic (exact) mass is 304 g/mol. The summed E-state index contributed by atoms with van der Waals surface area (Å²) < 4.78 is 2.38. The van der Waals surface area contributed by atoms with Gasteiger partial charge in [-0.05, 0) is 13.3 Å². The minimum atomic E-state index is 1.03. The fourth-order valence-electron chi connectivity index (χ4n) is 3.04. The second-order valence-electron chi connectivity index (χ2n) is 5.95. The molecular weight excluding hydrogens is 280 g/mol. The molecule has 0 unspecified atom stereocenters. The summed E-state index contributed by atoms with van der Waals surface area (Å²) in [5.74, 6) is 1.10. The lowest BCUT2D eigenvalue weighted by atomic mass is 10.0. The average Bonchev–Trinajstić information content (AvgIpc) is 2.93. The molecule has 0 spiro atoms. The van der Waals surface area contributed by atoms with E-state index in [1.807, 2.05) is 0 Å². The molecule has 1 heterocycles. The Morgan fingerprint density at radius 3 is 2.04 bits per heavy atom. The van der Waals surface area contributed by atoms with Crippen LogP contribution in [0.1, 0.15) is 32.0 Å². The number of hydrogen-bond donors (Lipinski definition) is 0. The Morgan fingerprint density at radius 1 is 0.826 bits per heavy atom. The molecule has 2 nitrogen and oxygen atoms in total. The van der Waals surface area contributed by atoms with Gasteiger partial charge in [0, 0.05) is 17.7 Å². The zero-order valence-corrected chi connectivity index (χ0v) is 14.0. The van der Waals surface area contributed by atoms with Crippen molar-refractivity contribution in [2.75, 3.05) is 0 Å². The van der Waals surface area contributed by atoms with Crippen molar-refractivity contribution in [1.82, 2.24) is 9.55 Å². The molecular formula is C21H24N2. The summed E-state index contributed by atoms with van der Waals surface area (Å²) in [5, 5.41) is 0. The first-order valence-corrected chi connectivity index (χ1v) is 8.49. The van der Waals surface area contributed by atoms with Gasteiger partial charge in [0.2, 0.25) is 0 Å². The third kappa shape index (κ3) is 3.37. The molecule has 0 aliphatic rings. The number of imidazole rings is 1. The summed E-state index contributed by atoms with van der Waals surface area (Å²) in [7, 11) is 0. The van der Waals surface area contributed by atoms with Crippen LogP contribution in [0.5, 0.6) is 0 Å². The highest BCUT2D eigenvalue weighted by Crippen LogP contribution is 2.32. The van der Waals surface area contributed by atoms with Crippen LogP contribution in [-0.2, 0) is 6.54 Å². The van der Waals surface area contributed by atoms with E-state index >= 15 is 0 Å². The van der Waals surface area contributed by atoms with Crippen LogP contribution in [0.3, 0.4) is 0 Å². The van der Waals surface area contributed by atoms with E-state index in [-0.39, 0.29) is 0 Å². The van der Waals surface area contributed by atoms with Crippen LogP contribution < -0.4 is 0 Å². The molecule has 23 heavy (non-hydrogen) atoms. The molecule has 3 aromatic rings. The first-order chi connectivity index (χ1) is 11.3. The van der Waals surface area contributed by atoms with Crippen LogP contribution in [0.2, 0.25) is 0 Å². The predicted molar refractivity (Wildman–Crippen MR) is 97.4 cm³/mol. The maximum atomic E-state index is 4.90. The number of aromatic nitrogens is 2. The molecule has 3 rings (SSSR count). The van der Waals surface area contributed by atoms with Gasteiger partial charge in [-0.15, -0.1) is 0 Å². The molecule has 1 aromatic heterocycles. The van der Waals surface area contributed by atoms with Gasteiger partial charge >= 0.3 is 0 Å². The highest BCUT2D eigenvalue weighted by molar-refractivity contribution is 5.79. The van der Waals surface area contributed by atoms with Gasteiger partial charge in [-0.2, -0.15) is 0 Å². The average molecular weight is 304 g/mol. The van der Waals surface area contributed by atoms with Gasteiger partial charge in [0.05, 0.1) is 11.4 Å². The molecule has 0 fully saturated rings. The number of aryl methyl sites for hydroxylation is 1. The lowest BCUT2D eigenvalue weighted by Crippen LogP contribution is -2.03. The van der Waals surface area contributed by atoms with E-state index in [1.165, 1.54) is 36.1 Å². The second kappa shape index (κ2) is 7.28. The Balaban J connectivity index is 2.11. The Labute approximate surface area is 138 Å².